The van der Waals surface area contributed by atoms with E-state index in [2.05, 4.69) is 5.32 Å². The van der Waals surface area contributed by atoms with E-state index in [4.69, 9.17) is 0 Å². The molecule has 6 heteroatoms. The third-order valence-corrected chi connectivity index (χ3v) is 4.69. The molecule has 0 spiro atoms. The lowest BCUT2D eigenvalue weighted by atomic mass is 9.89. The largest absolute Gasteiger partial charge is 0.351 e. The maximum Gasteiger partial charge on any atom is 0.237 e. The van der Waals surface area contributed by atoms with Crippen LogP contribution in [-0.4, -0.2) is 53.7 Å². The molecule has 0 aromatic heterocycles. The molecule has 1 aliphatic heterocycles. The Kier molecular flexibility index (Phi) is 5.82. The summed E-state index contributed by atoms with van der Waals surface area (Å²) in [4.78, 5) is 40.1. The van der Waals surface area contributed by atoms with Gasteiger partial charge in [0.25, 0.3) is 0 Å². The summed E-state index contributed by atoms with van der Waals surface area (Å²) in [5.74, 6) is -0.466. The molecule has 1 N–H and O–H groups in total. The highest BCUT2D eigenvalue weighted by Gasteiger charge is 2.40. The molecule has 136 valence electrons. The van der Waals surface area contributed by atoms with Gasteiger partial charge in [-0.2, -0.15) is 0 Å². The summed E-state index contributed by atoms with van der Waals surface area (Å²) in [7, 11) is 0. The monoisotopic (exact) mass is 345 g/mol. The molecule has 6 nitrogen and oxygen atoms in total. The van der Waals surface area contributed by atoms with Crippen molar-refractivity contribution in [3.8, 4) is 0 Å². The number of nitrogens with one attached hydrogen (secondary N) is 1. The first-order valence-corrected chi connectivity index (χ1v) is 8.60. The van der Waals surface area contributed by atoms with Crippen molar-refractivity contribution in [3.05, 3.63) is 35.4 Å². The minimum absolute atomic E-state index is 0.0159. The topological polar surface area (TPSA) is 69.7 Å². The number of carbonyl (C=O) groups excluding carboxylic acids is 3. The SMILES string of the molecule is CC(=O)N1CCN(C(=O)C(C)(C)C(=O)NCc2ccc(C)cc2)CC1. The number of rotatable bonds is 4. The van der Waals surface area contributed by atoms with Gasteiger partial charge in [-0.25, -0.2) is 0 Å². The fourth-order valence-electron chi connectivity index (χ4n) is 2.83. The minimum atomic E-state index is -1.14. The Morgan fingerprint density at radius 3 is 2.04 bits per heavy atom. The van der Waals surface area contributed by atoms with Gasteiger partial charge in [0.2, 0.25) is 17.7 Å². The van der Waals surface area contributed by atoms with Gasteiger partial charge in [-0.05, 0) is 26.3 Å². The number of carbonyl (C=O) groups is 3. The molecular formula is C19H27N3O3. The van der Waals surface area contributed by atoms with Gasteiger partial charge in [0.15, 0.2) is 0 Å². The molecule has 1 aromatic carbocycles. The van der Waals surface area contributed by atoms with Crippen LogP contribution in [0.5, 0.6) is 0 Å². The highest BCUT2D eigenvalue weighted by Crippen LogP contribution is 2.21. The molecule has 1 aromatic rings. The Labute approximate surface area is 149 Å². The highest BCUT2D eigenvalue weighted by molar-refractivity contribution is 6.04. The smallest absolute Gasteiger partial charge is 0.237 e. The first kappa shape index (κ1) is 19.0. The minimum Gasteiger partial charge on any atom is -0.351 e. The highest BCUT2D eigenvalue weighted by atomic mass is 16.2. The zero-order valence-electron chi connectivity index (χ0n) is 15.5. The number of hydrogen-bond acceptors (Lipinski definition) is 3. The summed E-state index contributed by atoms with van der Waals surface area (Å²) in [6.45, 7) is 9.20. The summed E-state index contributed by atoms with van der Waals surface area (Å²) in [5.41, 5.74) is 1.02. The van der Waals surface area contributed by atoms with Gasteiger partial charge in [-0.3, -0.25) is 14.4 Å². The summed E-state index contributed by atoms with van der Waals surface area (Å²) in [5, 5.41) is 2.85. The average molecular weight is 345 g/mol. The van der Waals surface area contributed by atoms with E-state index in [0.717, 1.165) is 11.1 Å². The predicted molar refractivity (Wildman–Crippen MR) is 95.6 cm³/mol. The van der Waals surface area contributed by atoms with E-state index in [9.17, 15) is 14.4 Å². The van der Waals surface area contributed by atoms with Crippen LogP contribution >= 0.6 is 0 Å². The lowest BCUT2D eigenvalue weighted by Gasteiger charge is -2.37. The van der Waals surface area contributed by atoms with Crippen molar-refractivity contribution in [2.75, 3.05) is 26.2 Å². The molecule has 0 unspecified atom stereocenters. The summed E-state index contributed by atoms with van der Waals surface area (Å²) in [6, 6.07) is 7.91. The van der Waals surface area contributed by atoms with Crippen molar-refractivity contribution in [1.29, 1.82) is 0 Å². The summed E-state index contributed by atoms with van der Waals surface area (Å²) >= 11 is 0. The van der Waals surface area contributed by atoms with Gasteiger partial charge in [-0.15, -0.1) is 0 Å². The van der Waals surface area contributed by atoms with Crippen LogP contribution in [0.2, 0.25) is 0 Å². The molecule has 0 aliphatic carbocycles. The quantitative estimate of drug-likeness (QED) is 0.837. The van der Waals surface area contributed by atoms with Gasteiger partial charge < -0.3 is 15.1 Å². The molecular weight excluding hydrogens is 318 g/mol. The second kappa shape index (κ2) is 7.68. The lowest BCUT2D eigenvalue weighted by Crippen LogP contribution is -2.56. The maximum atomic E-state index is 12.8. The Balaban J connectivity index is 1.92. The summed E-state index contributed by atoms with van der Waals surface area (Å²) in [6.07, 6.45) is 0. The Morgan fingerprint density at radius 1 is 1.00 bits per heavy atom. The van der Waals surface area contributed by atoms with Crippen molar-refractivity contribution in [3.63, 3.8) is 0 Å². The van der Waals surface area contributed by atoms with Crippen molar-refractivity contribution in [2.24, 2.45) is 5.41 Å². The molecule has 1 saturated heterocycles. The first-order valence-electron chi connectivity index (χ1n) is 8.60. The van der Waals surface area contributed by atoms with Crippen molar-refractivity contribution in [2.45, 2.75) is 34.2 Å². The molecule has 2 rings (SSSR count). The van der Waals surface area contributed by atoms with Gasteiger partial charge >= 0.3 is 0 Å². The Hall–Kier alpha value is -2.37. The van der Waals surface area contributed by atoms with Crippen molar-refractivity contribution in [1.82, 2.24) is 15.1 Å². The van der Waals surface area contributed by atoms with Crippen LogP contribution in [0.25, 0.3) is 0 Å². The van der Waals surface area contributed by atoms with Crippen LogP contribution in [0.15, 0.2) is 24.3 Å². The normalized spacial score (nSPS) is 15.0. The number of amides is 3. The van der Waals surface area contributed by atoms with Crippen molar-refractivity contribution < 1.29 is 14.4 Å². The van der Waals surface area contributed by atoms with Crippen LogP contribution in [0.4, 0.5) is 0 Å². The average Bonchev–Trinajstić information content (AvgIpc) is 2.60. The van der Waals surface area contributed by atoms with E-state index in [1.165, 1.54) is 6.92 Å². The van der Waals surface area contributed by atoms with Crippen LogP contribution in [0.1, 0.15) is 31.9 Å². The van der Waals surface area contributed by atoms with Crippen LogP contribution in [0, 0.1) is 12.3 Å². The van der Waals surface area contributed by atoms with E-state index >= 15 is 0 Å². The molecule has 1 fully saturated rings. The first-order chi connectivity index (χ1) is 11.7. The summed E-state index contributed by atoms with van der Waals surface area (Å²) < 4.78 is 0. The number of nitrogens with zero attached hydrogens (tertiary/aromatic N) is 2. The molecule has 1 heterocycles. The fourth-order valence-corrected chi connectivity index (χ4v) is 2.83. The third-order valence-electron chi connectivity index (χ3n) is 4.69. The van der Waals surface area contributed by atoms with E-state index < -0.39 is 5.41 Å². The van der Waals surface area contributed by atoms with E-state index in [1.54, 1.807) is 23.6 Å². The number of hydrogen-bond donors (Lipinski definition) is 1. The molecule has 0 bridgehead atoms. The van der Waals surface area contributed by atoms with Gasteiger partial charge in [0.1, 0.15) is 5.41 Å². The molecule has 1 aliphatic rings. The molecule has 0 saturated carbocycles. The molecule has 3 amide bonds. The zero-order valence-corrected chi connectivity index (χ0v) is 15.5. The number of benzene rings is 1. The van der Waals surface area contributed by atoms with Crippen LogP contribution in [0.3, 0.4) is 0 Å². The van der Waals surface area contributed by atoms with E-state index in [0.29, 0.717) is 32.7 Å². The third kappa shape index (κ3) is 4.59. The standard InChI is InChI=1S/C19H27N3O3/c1-14-5-7-16(8-6-14)13-20-17(24)19(3,4)18(25)22-11-9-21(10-12-22)15(2)23/h5-8H,9-13H2,1-4H3,(H,20,24). The van der Waals surface area contributed by atoms with Crippen molar-refractivity contribution >= 4 is 17.7 Å². The Morgan fingerprint density at radius 2 is 1.52 bits per heavy atom. The van der Waals surface area contributed by atoms with Gasteiger partial charge in [0, 0.05) is 39.6 Å². The number of piperazine rings is 1. The molecule has 0 atom stereocenters. The van der Waals surface area contributed by atoms with Gasteiger partial charge in [-0.1, -0.05) is 29.8 Å². The van der Waals surface area contributed by atoms with Crippen LogP contribution in [-0.2, 0) is 20.9 Å². The van der Waals surface area contributed by atoms with E-state index in [-0.39, 0.29) is 17.7 Å². The van der Waals surface area contributed by atoms with Gasteiger partial charge in [0.05, 0.1) is 0 Å². The fraction of sp³-hybridized carbons (Fsp3) is 0.526. The predicted octanol–water partition coefficient (Wildman–Crippen LogP) is 1.33. The second-order valence-corrected chi connectivity index (χ2v) is 7.09. The second-order valence-electron chi connectivity index (χ2n) is 7.09. The zero-order chi connectivity index (χ0) is 18.6. The maximum absolute atomic E-state index is 12.8. The lowest BCUT2D eigenvalue weighted by molar-refractivity contribution is -0.151. The Bertz CT molecular complexity index is 644. The molecule has 25 heavy (non-hydrogen) atoms. The van der Waals surface area contributed by atoms with E-state index in [1.807, 2.05) is 31.2 Å². The number of aryl methyl sites for hydroxylation is 1. The molecule has 0 radical (unpaired) electrons. The van der Waals surface area contributed by atoms with Crippen LogP contribution < -0.4 is 5.32 Å².